The summed E-state index contributed by atoms with van der Waals surface area (Å²) in [5.41, 5.74) is 4.43. The molecular weight excluding hydrogens is 420 g/mol. The lowest BCUT2D eigenvalue weighted by Crippen LogP contribution is -2.15. The smallest absolute Gasteiger partial charge is 0.234 e. The van der Waals surface area contributed by atoms with E-state index in [4.69, 9.17) is 4.74 Å². The number of allylic oxidation sites excluding steroid dienone is 1. The molecule has 0 bridgehead atoms. The highest BCUT2D eigenvalue weighted by Crippen LogP contribution is 2.20. The number of carbonyl (C=O) groups excluding carboxylic acids is 1. The SMILES string of the molecule is C=CCn1c(CCCc2ccc(OC)cc2)nnc1SCC(=O)Nc1ccc(C)c(C)c1. The van der Waals surface area contributed by atoms with E-state index in [0.29, 0.717) is 6.54 Å². The molecule has 0 unspecified atom stereocenters. The molecule has 0 aliphatic heterocycles. The highest BCUT2D eigenvalue weighted by atomic mass is 32.2. The van der Waals surface area contributed by atoms with E-state index >= 15 is 0 Å². The van der Waals surface area contributed by atoms with Crippen LogP contribution in [-0.4, -0.2) is 33.5 Å². The van der Waals surface area contributed by atoms with Gasteiger partial charge in [0.1, 0.15) is 11.6 Å². The number of benzene rings is 2. The van der Waals surface area contributed by atoms with Crippen molar-refractivity contribution in [1.82, 2.24) is 14.8 Å². The molecule has 1 N–H and O–H groups in total. The fourth-order valence-corrected chi connectivity index (χ4v) is 4.08. The van der Waals surface area contributed by atoms with Gasteiger partial charge in [0, 0.05) is 18.7 Å². The van der Waals surface area contributed by atoms with Crippen molar-refractivity contribution in [3.05, 3.63) is 77.6 Å². The molecule has 32 heavy (non-hydrogen) atoms. The average Bonchev–Trinajstić information content (AvgIpc) is 3.17. The minimum Gasteiger partial charge on any atom is -0.497 e. The highest BCUT2D eigenvalue weighted by molar-refractivity contribution is 7.99. The van der Waals surface area contributed by atoms with Gasteiger partial charge in [-0.3, -0.25) is 4.79 Å². The maximum absolute atomic E-state index is 12.4. The minimum absolute atomic E-state index is 0.0625. The zero-order valence-electron chi connectivity index (χ0n) is 18.9. The van der Waals surface area contributed by atoms with Gasteiger partial charge in [-0.05, 0) is 67.6 Å². The number of hydrogen-bond donors (Lipinski definition) is 1. The first-order chi connectivity index (χ1) is 15.5. The molecule has 0 saturated heterocycles. The summed E-state index contributed by atoms with van der Waals surface area (Å²) < 4.78 is 7.25. The van der Waals surface area contributed by atoms with Crippen molar-refractivity contribution in [3.63, 3.8) is 0 Å². The molecule has 0 spiro atoms. The van der Waals surface area contributed by atoms with E-state index < -0.39 is 0 Å². The maximum Gasteiger partial charge on any atom is 0.234 e. The molecule has 6 nitrogen and oxygen atoms in total. The zero-order chi connectivity index (χ0) is 22.9. The lowest BCUT2D eigenvalue weighted by atomic mass is 10.1. The van der Waals surface area contributed by atoms with Crippen molar-refractivity contribution in [1.29, 1.82) is 0 Å². The molecule has 168 valence electrons. The molecule has 0 aliphatic rings. The second-order valence-electron chi connectivity index (χ2n) is 7.64. The van der Waals surface area contributed by atoms with Gasteiger partial charge in [0.05, 0.1) is 12.9 Å². The summed E-state index contributed by atoms with van der Waals surface area (Å²) in [4.78, 5) is 12.4. The third kappa shape index (κ3) is 6.47. The predicted octanol–water partition coefficient (Wildman–Crippen LogP) is 5.00. The Bertz CT molecular complexity index is 1060. The molecule has 3 aromatic rings. The van der Waals surface area contributed by atoms with E-state index in [1.807, 2.05) is 47.9 Å². The molecule has 7 heteroatoms. The molecule has 0 radical (unpaired) electrons. The van der Waals surface area contributed by atoms with Crippen LogP contribution in [0.15, 0.2) is 60.3 Å². The fourth-order valence-electron chi connectivity index (χ4n) is 3.31. The summed E-state index contributed by atoms with van der Waals surface area (Å²) in [7, 11) is 1.67. The lowest BCUT2D eigenvalue weighted by Gasteiger charge is -2.09. The van der Waals surface area contributed by atoms with E-state index in [9.17, 15) is 4.79 Å². The topological polar surface area (TPSA) is 69.0 Å². The molecule has 1 heterocycles. The van der Waals surface area contributed by atoms with Gasteiger partial charge in [0.2, 0.25) is 5.91 Å². The molecule has 1 amide bonds. The van der Waals surface area contributed by atoms with Crippen LogP contribution >= 0.6 is 11.8 Å². The van der Waals surface area contributed by atoms with Crippen molar-refractivity contribution in [2.75, 3.05) is 18.2 Å². The van der Waals surface area contributed by atoms with E-state index in [-0.39, 0.29) is 11.7 Å². The normalized spacial score (nSPS) is 10.7. The number of nitrogens with zero attached hydrogens (tertiary/aromatic N) is 3. The Hall–Kier alpha value is -3.06. The van der Waals surface area contributed by atoms with Gasteiger partial charge in [0.15, 0.2) is 5.16 Å². The molecule has 2 aromatic carbocycles. The van der Waals surface area contributed by atoms with Gasteiger partial charge in [-0.2, -0.15) is 0 Å². The van der Waals surface area contributed by atoms with Gasteiger partial charge in [-0.1, -0.05) is 36.0 Å². The van der Waals surface area contributed by atoms with E-state index in [1.165, 1.54) is 22.9 Å². The number of aryl methyl sites for hydroxylation is 4. The number of methoxy groups -OCH3 is 1. The van der Waals surface area contributed by atoms with Gasteiger partial charge in [0.25, 0.3) is 0 Å². The minimum atomic E-state index is -0.0625. The molecule has 0 atom stereocenters. The van der Waals surface area contributed by atoms with Crippen molar-refractivity contribution in [2.45, 2.75) is 44.8 Å². The van der Waals surface area contributed by atoms with Crippen molar-refractivity contribution in [3.8, 4) is 5.75 Å². The number of hydrogen-bond acceptors (Lipinski definition) is 5. The number of nitrogens with one attached hydrogen (secondary N) is 1. The van der Waals surface area contributed by atoms with Gasteiger partial charge in [-0.25, -0.2) is 0 Å². The second-order valence-corrected chi connectivity index (χ2v) is 8.58. The Morgan fingerprint density at radius 2 is 1.91 bits per heavy atom. The van der Waals surface area contributed by atoms with Crippen LogP contribution in [0.4, 0.5) is 5.69 Å². The maximum atomic E-state index is 12.4. The first-order valence-electron chi connectivity index (χ1n) is 10.7. The number of amides is 1. The standard InChI is InChI=1S/C25H30N4O2S/c1-5-15-29-23(8-6-7-20-10-13-22(31-4)14-11-20)27-28-25(29)32-17-24(30)26-21-12-9-18(2)19(3)16-21/h5,9-14,16H,1,6-8,15,17H2,2-4H3,(H,26,30). The summed E-state index contributed by atoms with van der Waals surface area (Å²) in [6.07, 6.45) is 4.54. The van der Waals surface area contributed by atoms with Crippen LogP contribution in [0.5, 0.6) is 5.75 Å². The summed E-state index contributed by atoms with van der Waals surface area (Å²) >= 11 is 1.39. The Labute approximate surface area is 194 Å². The van der Waals surface area contributed by atoms with Crippen molar-refractivity contribution >= 4 is 23.4 Å². The number of ether oxygens (including phenoxy) is 1. The van der Waals surface area contributed by atoms with Gasteiger partial charge >= 0.3 is 0 Å². The van der Waals surface area contributed by atoms with Gasteiger partial charge in [-0.15, -0.1) is 16.8 Å². The fraction of sp³-hybridized carbons (Fsp3) is 0.320. The van der Waals surface area contributed by atoms with Crippen molar-refractivity contribution in [2.24, 2.45) is 0 Å². The Balaban J connectivity index is 1.55. The number of carbonyl (C=O) groups is 1. The third-order valence-electron chi connectivity index (χ3n) is 5.25. The van der Waals surface area contributed by atoms with E-state index in [2.05, 4.69) is 41.1 Å². The lowest BCUT2D eigenvalue weighted by molar-refractivity contribution is -0.113. The Morgan fingerprint density at radius 3 is 2.59 bits per heavy atom. The summed E-state index contributed by atoms with van der Waals surface area (Å²) in [6, 6.07) is 14.0. The van der Waals surface area contributed by atoms with Crippen LogP contribution in [-0.2, 0) is 24.2 Å². The van der Waals surface area contributed by atoms with Gasteiger partial charge < -0.3 is 14.6 Å². The number of anilines is 1. The average molecular weight is 451 g/mol. The first kappa shape index (κ1) is 23.6. The van der Waals surface area contributed by atoms with Crippen LogP contribution in [0.1, 0.15) is 28.9 Å². The monoisotopic (exact) mass is 450 g/mol. The molecule has 0 fully saturated rings. The third-order valence-corrected chi connectivity index (χ3v) is 6.22. The van der Waals surface area contributed by atoms with E-state index in [0.717, 1.165) is 47.2 Å². The van der Waals surface area contributed by atoms with Crippen molar-refractivity contribution < 1.29 is 9.53 Å². The quantitative estimate of drug-likeness (QED) is 0.329. The summed E-state index contributed by atoms with van der Waals surface area (Å²) in [5, 5.41) is 12.4. The number of thioether (sulfide) groups is 1. The van der Waals surface area contributed by atoms with Crippen LogP contribution in [0, 0.1) is 13.8 Å². The molecular formula is C25H30N4O2S. The summed E-state index contributed by atoms with van der Waals surface area (Å²) in [5.74, 6) is 1.99. The first-order valence-corrected chi connectivity index (χ1v) is 11.6. The number of rotatable bonds is 11. The largest absolute Gasteiger partial charge is 0.497 e. The highest BCUT2D eigenvalue weighted by Gasteiger charge is 2.14. The molecule has 3 rings (SSSR count). The van der Waals surface area contributed by atoms with Crippen LogP contribution in [0.25, 0.3) is 0 Å². The predicted molar refractivity (Wildman–Crippen MR) is 131 cm³/mol. The molecule has 0 saturated carbocycles. The second kappa shape index (κ2) is 11.5. The molecule has 0 aliphatic carbocycles. The Kier molecular flexibility index (Phi) is 8.50. The van der Waals surface area contributed by atoms with Crippen LogP contribution in [0.2, 0.25) is 0 Å². The van der Waals surface area contributed by atoms with E-state index in [1.54, 1.807) is 7.11 Å². The Morgan fingerprint density at radius 1 is 1.12 bits per heavy atom. The zero-order valence-corrected chi connectivity index (χ0v) is 19.7. The van der Waals surface area contributed by atoms with Crippen LogP contribution in [0.3, 0.4) is 0 Å². The summed E-state index contributed by atoms with van der Waals surface area (Å²) in [6.45, 7) is 8.56. The van der Waals surface area contributed by atoms with Crippen LogP contribution < -0.4 is 10.1 Å². The molecule has 1 aromatic heterocycles. The number of aromatic nitrogens is 3.